The normalized spacial score (nSPS) is 33.7. The summed E-state index contributed by atoms with van der Waals surface area (Å²) in [5, 5.41) is 20.2. The molecule has 4 heterocycles. The molecule has 0 spiro atoms. The van der Waals surface area contributed by atoms with E-state index in [-0.39, 0.29) is 23.6 Å². The van der Waals surface area contributed by atoms with Crippen molar-refractivity contribution in [2.24, 2.45) is 23.5 Å². The number of carboxylic acid groups (broad SMARTS) is 1. The third-order valence-corrected chi connectivity index (χ3v) is 9.04. The molecule has 4 aliphatic rings. The van der Waals surface area contributed by atoms with Gasteiger partial charge in [-0.2, -0.15) is 0 Å². The van der Waals surface area contributed by atoms with E-state index < -0.39 is 18.0 Å². The maximum Gasteiger partial charge on any atom is 0.353 e. The molecule has 4 rings (SSSR count). The van der Waals surface area contributed by atoms with Gasteiger partial charge in [-0.1, -0.05) is 6.92 Å². The summed E-state index contributed by atoms with van der Waals surface area (Å²) in [6, 6.07) is -0.225. The highest BCUT2D eigenvalue weighted by Gasteiger charge is 2.60. The minimum absolute atomic E-state index is 0.0469. The number of piperidine rings is 1. The van der Waals surface area contributed by atoms with Crippen molar-refractivity contribution in [3.05, 3.63) is 10.6 Å². The molecule has 8 nitrogen and oxygen atoms in total. The van der Waals surface area contributed by atoms with Crippen molar-refractivity contribution >= 4 is 23.6 Å². The van der Waals surface area contributed by atoms with Crippen LogP contribution in [-0.2, 0) is 9.59 Å². The Morgan fingerprint density at radius 3 is 2.52 bits per heavy atom. The number of nitrogens with two attached hydrogens (primary N) is 1. The Morgan fingerprint density at radius 1 is 1.23 bits per heavy atom. The summed E-state index contributed by atoms with van der Waals surface area (Å²) < 4.78 is 0. The fraction of sp³-hybridized carbons (Fsp3) is 0.818. The summed E-state index contributed by atoms with van der Waals surface area (Å²) in [5.74, 6) is -1.10. The van der Waals surface area contributed by atoms with Crippen LogP contribution in [0.15, 0.2) is 10.6 Å². The number of β-lactam (4-membered cyclic amide) rings is 1. The average molecular weight is 453 g/mol. The second kappa shape index (κ2) is 9.39. The zero-order valence-electron chi connectivity index (χ0n) is 18.6. The summed E-state index contributed by atoms with van der Waals surface area (Å²) >= 11 is 1.65. The first-order valence-electron chi connectivity index (χ1n) is 11.6. The molecule has 9 heteroatoms. The van der Waals surface area contributed by atoms with Crippen molar-refractivity contribution in [2.45, 2.75) is 50.5 Å². The first kappa shape index (κ1) is 23.0. The summed E-state index contributed by atoms with van der Waals surface area (Å²) in [6.07, 6.45) is 2.73. The summed E-state index contributed by atoms with van der Waals surface area (Å²) in [7, 11) is 0. The lowest BCUT2D eigenvalue weighted by Crippen LogP contribution is -2.63. The monoisotopic (exact) mass is 452 g/mol. The van der Waals surface area contributed by atoms with Crippen molar-refractivity contribution in [2.75, 3.05) is 45.8 Å². The van der Waals surface area contributed by atoms with E-state index in [9.17, 15) is 19.8 Å². The van der Waals surface area contributed by atoms with E-state index >= 15 is 0 Å². The minimum atomic E-state index is -1.03. The maximum absolute atomic E-state index is 12.5. The number of fused-ring (bicyclic) bond motifs is 1. The van der Waals surface area contributed by atoms with Gasteiger partial charge in [0.2, 0.25) is 5.91 Å². The molecule has 0 saturated carbocycles. The van der Waals surface area contributed by atoms with Gasteiger partial charge in [0.15, 0.2) is 0 Å². The lowest BCUT2D eigenvalue weighted by molar-refractivity contribution is -0.163. The number of aliphatic carboxylic acids is 1. The molecule has 3 fully saturated rings. The first-order valence-corrected chi connectivity index (χ1v) is 12.5. The van der Waals surface area contributed by atoms with Crippen LogP contribution in [0.25, 0.3) is 0 Å². The number of amides is 1. The zero-order valence-corrected chi connectivity index (χ0v) is 19.4. The van der Waals surface area contributed by atoms with Crippen LogP contribution < -0.4 is 5.73 Å². The number of aliphatic hydroxyl groups excluding tert-OH is 1. The van der Waals surface area contributed by atoms with E-state index in [0.717, 1.165) is 63.1 Å². The van der Waals surface area contributed by atoms with E-state index in [2.05, 4.69) is 9.80 Å². The fourth-order valence-electron chi connectivity index (χ4n) is 5.86. The van der Waals surface area contributed by atoms with E-state index in [1.54, 1.807) is 18.7 Å². The number of carbonyl (C=O) groups is 2. The third kappa shape index (κ3) is 4.39. The second-order valence-electron chi connectivity index (χ2n) is 9.63. The molecule has 5 atom stereocenters. The van der Waals surface area contributed by atoms with Crippen LogP contribution in [0, 0.1) is 17.8 Å². The highest BCUT2D eigenvalue weighted by molar-refractivity contribution is 8.03. The van der Waals surface area contributed by atoms with Crippen LogP contribution in [0.5, 0.6) is 0 Å². The molecule has 1 amide bonds. The van der Waals surface area contributed by atoms with Gasteiger partial charge >= 0.3 is 5.97 Å². The number of carboxylic acids is 1. The number of hydrogen-bond donors (Lipinski definition) is 3. The molecule has 0 radical (unpaired) electrons. The van der Waals surface area contributed by atoms with Crippen molar-refractivity contribution in [1.29, 1.82) is 0 Å². The van der Waals surface area contributed by atoms with E-state index in [1.807, 2.05) is 6.92 Å². The summed E-state index contributed by atoms with van der Waals surface area (Å²) in [6.45, 7) is 10.7. The van der Waals surface area contributed by atoms with Crippen molar-refractivity contribution in [3.63, 3.8) is 0 Å². The van der Waals surface area contributed by atoms with Crippen molar-refractivity contribution < 1.29 is 19.8 Å². The number of hydrogen-bond acceptors (Lipinski definition) is 7. The highest BCUT2D eigenvalue weighted by Crippen LogP contribution is 2.51. The number of likely N-dealkylation sites (tertiary alicyclic amines) is 2. The Labute approximate surface area is 188 Å². The van der Waals surface area contributed by atoms with Gasteiger partial charge in [-0.3, -0.25) is 4.79 Å². The van der Waals surface area contributed by atoms with E-state index in [4.69, 9.17) is 5.73 Å². The van der Waals surface area contributed by atoms with Gasteiger partial charge in [0, 0.05) is 42.3 Å². The molecule has 3 saturated heterocycles. The molecular formula is C22H36N4O4S. The van der Waals surface area contributed by atoms with Crippen molar-refractivity contribution in [3.8, 4) is 0 Å². The number of rotatable bonds is 8. The smallest absolute Gasteiger partial charge is 0.353 e. The van der Waals surface area contributed by atoms with Crippen LogP contribution in [-0.4, -0.2) is 100.0 Å². The van der Waals surface area contributed by atoms with E-state index in [0.29, 0.717) is 5.25 Å². The molecule has 4 N–H and O–H groups in total. The largest absolute Gasteiger partial charge is 0.477 e. The molecule has 0 aromatic heterocycles. The van der Waals surface area contributed by atoms with Crippen LogP contribution in [0.4, 0.5) is 0 Å². The topological polar surface area (TPSA) is 110 Å². The van der Waals surface area contributed by atoms with Crippen LogP contribution in [0.3, 0.4) is 0 Å². The van der Waals surface area contributed by atoms with Gasteiger partial charge in [0.25, 0.3) is 0 Å². The highest BCUT2D eigenvalue weighted by atomic mass is 32.2. The lowest BCUT2D eigenvalue weighted by atomic mass is 9.79. The summed E-state index contributed by atoms with van der Waals surface area (Å²) in [5.41, 5.74) is 5.82. The third-order valence-electron chi connectivity index (χ3n) is 7.50. The number of thioether (sulfide) groups is 1. The molecule has 0 aromatic carbocycles. The van der Waals surface area contributed by atoms with Crippen molar-refractivity contribution in [1.82, 2.24) is 14.7 Å². The van der Waals surface area contributed by atoms with Gasteiger partial charge in [-0.05, 0) is 51.7 Å². The Bertz CT molecular complexity index is 737. The molecule has 4 aliphatic heterocycles. The predicted octanol–water partition coefficient (Wildman–Crippen LogP) is 0.618. The molecule has 174 valence electrons. The summed E-state index contributed by atoms with van der Waals surface area (Å²) in [4.78, 5) is 31.7. The Hall–Kier alpha value is -1.13. The number of carbonyl (C=O) groups excluding carboxylic acids is 1. The van der Waals surface area contributed by atoms with Gasteiger partial charge in [0.05, 0.1) is 18.1 Å². The zero-order chi connectivity index (χ0) is 22.3. The Kier molecular flexibility index (Phi) is 6.98. The lowest BCUT2D eigenvalue weighted by Gasteiger charge is -2.46. The maximum atomic E-state index is 12.5. The molecular weight excluding hydrogens is 416 g/mol. The van der Waals surface area contributed by atoms with Gasteiger partial charge in [-0.15, -0.1) is 11.8 Å². The van der Waals surface area contributed by atoms with Gasteiger partial charge in [-0.25, -0.2) is 4.79 Å². The average Bonchev–Trinajstić information content (AvgIpc) is 3.25. The Balaban J connectivity index is 1.34. The quantitative estimate of drug-likeness (QED) is 0.460. The van der Waals surface area contributed by atoms with Crippen LogP contribution in [0.2, 0.25) is 0 Å². The van der Waals surface area contributed by atoms with Crippen LogP contribution >= 0.6 is 11.8 Å². The standard InChI is InChI=1S/C22H36N4O4S/c1-13-18-17(14(2)27)21(28)26(18)19(22(29)30)20(13)31-16-5-9-25(12-16)11-15-3-7-24(8-4-15)10-6-23/h13-18,27H,3-12,23H2,1-2H3,(H,29,30)/t13-,14?,16-,17-,18-/m1/s1. The SMILES string of the molecule is CC(O)[C@H]1C(=O)N2C(C(=O)O)=C(S[C@@H]3CCN(CC4CCN(CCN)CC4)C3)[C@H](C)[C@H]12. The van der Waals surface area contributed by atoms with Crippen LogP contribution in [0.1, 0.15) is 33.1 Å². The van der Waals surface area contributed by atoms with Gasteiger partial charge < -0.3 is 30.6 Å². The minimum Gasteiger partial charge on any atom is -0.477 e. The first-order chi connectivity index (χ1) is 14.8. The molecule has 1 unspecified atom stereocenters. The number of aliphatic hydroxyl groups is 1. The second-order valence-corrected chi connectivity index (χ2v) is 11.0. The predicted molar refractivity (Wildman–Crippen MR) is 120 cm³/mol. The molecule has 0 aromatic rings. The van der Waals surface area contributed by atoms with Gasteiger partial charge in [0.1, 0.15) is 5.70 Å². The van der Waals surface area contributed by atoms with E-state index in [1.165, 1.54) is 17.7 Å². The molecule has 31 heavy (non-hydrogen) atoms. The molecule has 0 aliphatic carbocycles. The number of nitrogens with zero attached hydrogens (tertiary/aromatic N) is 3. The fourth-order valence-corrected chi connectivity index (χ4v) is 7.38. The Morgan fingerprint density at radius 2 is 1.90 bits per heavy atom. The molecule has 0 bridgehead atoms.